The van der Waals surface area contributed by atoms with Crippen molar-refractivity contribution in [2.24, 2.45) is 11.0 Å². The number of hydrogen-bond donors (Lipinski definition) is 1. The molecule has 10 heteroatoms. The van der Waals surface area contributed by atoms with Crippen LogP contribution < -0.4 is 4.74 Å². The van der Waals surface area contributed by atoms with E-state index < -0.39 is 30.3 Å². The van der Waals surface area contributed by atoms with Crippen LogP contribution in [0.4, 0.5) is 13.2 Å². The lowest BCUT2D eigenvalue weighted by Crippen LogP contribution is -2.58. The molecule has 0 aliphatic carbocycles. The van der Waals surface area contributed by atoms with Crippen molar-refractivity contribution in [1.82, 2.24) is 5.01 Å². The molecule has 156 valence electrons. The summed E-state index contributed by atoms with van der Waals surface area (Å²) in [6.07, 6.45) is -6.41. The van der Waals surface area contributed by atoms with E-state index >= 15 is 0 Å². The quantitative estimate of drug-likeness (QED) is 0.673. The Balaban J connectivity index is 2.24. The first kappa shape index (κ1) is 22.8. The number of nitrogens with zero attached hydrogens (tertiary/aromatic N) is 2. The zero-order valence-electron chi connectivity index (χ0n) is 15.6. The highest BCUT2D eigenvalue weighted by molar-refractivity contribution is 6.35. The van der Waals surface area contributed by atoms with E-state index in [9.17, 15) is 23.1 Å². The number of hydrogen-bond acceptors (Lipinski definition) is 4. The lowest BCUT2D eigenvalue weighted by molar-refractivity contribution is -0.303. The molecular weight excluding hydrogens is 420 g/mol. The Morgan fingerprint density at radius 2 is 2.00 bits per heavy atom. The van der Waals surface area contributed by atoms with Gasteiger partial charge in [0.25, 0.3) is 11.6 Å². The molecule has 0 radical (unpaired) electrons. The Labute approximate surface area is 171 Å². The molecule has 1 aromatic carbocycles. The van der Waals surface area contributed by atoms with E-state index in [4.69, 9.17) is 27.9 Å². The summed E-state index contributed by atoms with van der Waals surface area (Å²) in [5.41, 5.74) is -3.30. The van der Waals surface area contributed by atoms with E-state index in [2.05, 4.69) is 5.10 Å². The van der Waals surface area contributed by atoms with Crippen LogP contribution in [0.15, 0.2) is 23.3 Å². The van der Waals surface area contributed by atoms with Crippen molar-refractivity contribution in [3.8, 4) is 5.75 Å². The lowest BCUT2D eigenvalue weighted by atomic mass is 9.99. The highest BCUT2D eigenvalue weighted by Crippen LogP contribution is 2.41. The molecule has 0 spiro atoms. The van der Waals surface area contributed by atoms with E-state index in [-0.39, 0.29) is 33.8 Å². The number of halogens is 5. The molecule has 1 N–H and O–H groups in total. The fourth-order valence-corrected chi connectivity index (χ4v) is 3.10. The number of benzene rings is 1. The molecular formula is C18H21Cl2F3N2O3. The van der Waals surface area contributed by atoms with E-state index in [1.54, 1.807) is 0 Å². The fourth-order valence-electron chi connectivity index (χ4n) is 2.65. The average molecular weight is 441 g/mol. The minimum absolute atomic E-state index is 0.0747. The van der Waals surface area contributed by atoms with Gasteiger partial charge in [-0.2, -0.15) is 23.3 Å². The van der Waals surface area contributed by atoms with Gasteiger partial charge in [-0.25, -0.2) is 0 Å². The Morgan fingerprint density at radius 3 is 2.54 bits per heavy atom. The standard InChI is InChI=1S/C18H21Cl2F3N2O3/c1-10(2)4-6-13-9-17(27,18(21,22)23)25(24-13)16(26)11(3)28-15-7-5-12(19)8-14(15)20/h5,7-8,10-11,27H,4,6,9H2,1-3H3/t11-,17-/m0/s1. The maximum atomic E-state index is 13.5. The number of amides is 1. The minimum atomic E-state index is -5.08. The van der Waals surface area contributed by atoms with Gasteiger partial charge < -0.3 is 9.84 Å². The third-order valence-electron chi connectivity index (χ3n) is 4.26. The Hall–Kier alpha value is -1.51. The Morgan fingerprint density at radius 1 is 1.36 bits per heavy atom. The van der Waals surface area contributed by atoms with Crippen LogP contribution in [0.3, 0.4) is 0 Å². The fraction of sp³-hybridized carbons (Fsp3) is 0.556. The number of hydrazone groups is 1. The van der Waals surface area contributed by atoms with Gasteiger partial charge in [0.15, 0.2) is 6.10 Å². The minimum Gasteiger partial charge on any atom is -0.479 e. The van der Waals surface area contributed by atoms with Crippen molar-refractivity contribution < 1.29 is 27.8 Å². The topological polar surface area (TPSA) is 62.1 Å². The van der Waals surface area contributed by atoms with Crippen molar-refractivity contribution in [1.29, 1.82) is 0 Å². The predicted molar refractivity (Wildman–Crippen MR) is 101 cm³/mol. The Bertz CT molecular complexity index is 771. The summed E-state index contributed by atoms with van der Waals surface area (Å²) < 4.78 is 46.0. The zero-order chi connectivity index (χ0) is 21.3. The lowest BCUT2D eigenvalue weighted by Gasteiger charge is -2.33. The smallest absolute Gasteiger partial charge is 0.438 e. The molecule has 2 atom stereocenters. The van der Waals surface area contributed by atoms with Crippen LogP contribution in [-0.2, 0) is 4.79 Å². The van der Waals surface area contributed by atoms with Gasteiger partial charge in [0.2, 0.25) is 0 Å². The van der Waals surface area contributed by atoms with Crippen molar-refractivity contribution in [3.05, 3.63) is 28.2 Å². The maximum Gasteiger partial charge on any atom is 0.438 e. The van der Waals surface area contributed by atoms with Crippen LogP contribution in [0, 0.1) is 5.92 Å². The van der Waals surface area contributed by atoms with Crippen LogP contribution in [-0.4, -0.2) is 39.7 Å². The average Bonchev–Trinajstić information content (AvgIpc) is 2.92. The van der Waals surface area contributed by atoms with E-state index in [0.29, 0.717) is 11.4 Å². The SMILES string of the molecule is CC(C)CCC1=NN(C(=O)[C@H](C)Oc2ccc(Cl)cc2Cl)[C@@](O)(C(F)(F)F)C1. The number of aliphatic hydroxyl groups is 1. The first-order valence-electron chi connectivity index (χ1n) is 8.66. The van der Waals surface area contributed by atoms with Gasteiger partial charge in [0.1, 0.15) is 5.75 Å². The maximum absolute atomic E-state index is 13.5. The Kier molecular flexibility index (Phi) is 6.89. The summed E-state index contributed by atoms with van der Waals surface area (Å²) in [5.74, 6) is -0.822. The molecule has 1 heterocycles. The molecule has 28 heavy (non-hydrogen) atoms. The van der Waals surface area contributed by atoms with Gasteiger partial charge >= 0.3 is 6.18 Å². The summed E-state index contributed by atoms with van der Waals surface area (Å²) in [6, 6.07) is 4.23. The van der Waals surface area contributed by atoms with Crippen LogP contribution in [0.25, 0.3) is 0 Å². The number of carbonyl (C=O) groups is 1. The molecule has 2 rings (SSSR count). The molecule has 0 saturated heterocycles. The third kappa shape index (κ3) is 4.90. The molecule has 5 nitrogen and oxygen atoms in total. The molecule has 0 unspecified atom stereocenters. The summed E-state index contributed by atoms with van der Waals surface area (Å²) in [7, 11) is 0. The third-order valence-corrected chi connectivity index (χ3v) is 4.79. The monoisotopic (exact) mass is 440 g/mol. The molecule has 1 aliphatic heterocycles. The van der Waals surface area contributed by atoms with Crippen LogP contribution >= 0.6 is 23.2 Å². The molecule has 0 saturated carbocycles. The van der Waals surface area contributed by atoms with Crippen molar-refractivity contribution >= 4 is 34.8 Å². The summed E-state index contributed by atoms with van der Waals surface area (Å²) in [5, 5.41) is 14.6. The van der Waals surface area contributed by atoms with Crippen LogP contribution in [0.1, 0.15) is 40.0 Å². The summed E-state index contributed by atoms with van der Waals surface area (Å²) in [4.78, 5) is 12.6. The number of carbonyl (C=O) groups excluding carboxylic acids is 1. The van der Waals surface area contributed by atoms with Gasteiger partial charge in [-0.3, -0.25) is 4.79 Å². The molecule has 0 bridgehead atoms. The molecule has 0 aromatic heterocycles. The summed E-state index contributed by atoms with van der Waals surface area (Å²) in [6.45, 7) is 5.09. The summed E-state index contributed by atoms with van der Waals surface area (Å²) >= 11 is 11.8. The van der Waals surface area contributed by atoms with Gasteiger partial charge in [0, 0.05) is 17.2 Å². The van der Waals surface area contributed by atoms with Crippen molar-refractivity contribution in [2.75, 3.05) is 0 Å². The van der Waals surface area contributed by atoms with Crippen LogP contribution in [0.5, 0.6) is 5.75 Å². The van der Waals surface area contributed by atoms with E-state index in [0.717, 1.165) is 0 Å². The van der Waals surface area contributed by atoms with E-state index in [1.807, 2.05) is 13.8 Å². The van der Waals surface area contributed by atoms with Gasteiger partial charge in [0.05, 0.1) is 5.02 Å². The van der Waals surface area contributed by atoms with Crippen molar-refractivity contribution in [3.63, 3.8) is 0 Å². The molecule has 0 fully saturated rings. The normalized spacial score (nSPS) is 21.1. The second kappa shape index (κ2) is 8.47. The van der Waals surface area contributed by atoms with Crippen LogP contribution in [0.2, 0.25) is 10.0 Å². The largest absolute Gasteiger partial charge is 0.479 e. The van der Waals surface area contributed by atoms with Gasteiger partial charge in [-0.05, 0) is 43.9 Å². The van der Waals surface area contributed by atoms with Crippen molar-refractivity contribution in [2.45, 2.75) is 58.0 Å². The highest BCUT2D eigenvalue weighted by Gasteiger charge is 2.63. The molecule has 1 aromatic rings. The van der Waals surface area contributed by atoms with Gasteiger partial charge in [-0.15, -0.1) is 0 Å². The first-order chi connectivity index (χ1) is 12.8. The first-order valence-corrected chi connectivity index (χ1v) is 9.42. The highest BCUT2D eigenvalue weighted by atomic mass is 35.5. The number of rotatable bonds is 6. The molecule has 1 amide bonds. The number of ether oxygens (including phenoxy) is 1. The zero-order valence-corrected chi connectivity index (χ0v) is 17.1. The second-order valence-corrected chi connectivity index (χ2v) is 7.92. The number of alkyl halides is 3. The second-order valence-electron chi connectivity index (χ2n) is 7.07. The van der Waals surface area contributed by atoms with Gasteiger partial charge in [-0.1, -0.05) is 37.0 Å². The van der Waals surface area contributed by atoms with E-state index in [1.165, 1.54) is 25.1 Å². The molecule has 1 aliphatic rings. The predicted octanol–water partition coefficient (Wildman–Crippen LogP) is 5.04.